The Balaban J connectivity index is 2.55. The molecule has 2 N–H and O–H groups in total. The first-order chi connectivity index (χ1) is 8.41. The van der Waals surface area contributed by atoms with E-state index in [0.717, 1.165) is 25.8 Å². The Labute approximate surface area is 111 Å². The summed E-state index contributed by atoms with van der Waals surface area (Å²) in [5.41, 5.74) is -0.689. The molecule has 0 aromatic heterocycles. The smallest absolute Gasteiger partial charge is 0.323 e. The molecule has 0 aliphatic heterocycles. The number of hydrogen-bond donors (Lipinski definition) is 2. The largest absolute Gasteiger partial charge is 0.480 e. The molecule has 1 fully saturated rings. The molecule has 1 aliphatic rings. The number of nitrogens with zero attached hydrogens (tertiary/aromatic N) is 1. The van der Waals surface area contributed by atoms with Crippen LogP contribution in [0.3, 0.4) is 0 Å². The summed E-state index contributed by atoms with van der Waals surface area (Å²) in [5, 5.41) is 12.6. The van der Waals surface area contributed by atoms with E-state index in [1.54, 1.807) is 0 Å². The molecule has 4 heteroatoms. The first-order valence-corrected chi connectivity index (χ1v) is 7.10. The highest BCUT2D eigenvalue weighted by Gasteiger charge is 2.45. The molecular formula is C14H28N2O2. The van der Waals surface area contributed by atoms with Gasteiger partial charge in [0.1, 0.15) is 5.54 Å². The van der Waals surface area contributed by atoms with Crippen LogP contribution in [-0.2, 0) is 4.79 Å². The lowest BCUT2D eigenvalue weighted by atomic mass is 9.97. The van der Waals surface area contributed by atoms with Gasteiger partial charge in [0.15, 0.2) is 0 Å². The molecule has 1 rings (SSSR count). The predicted molar refractivity (Wildman–Crippen MR) is 73.8 cm³/mol. The molecule has 0 aromatic carbocycles. The third-order valence-electron chi connectivity index (χ3n) is 4.10. The third kappa shape index (κ3) is 3.69. The van der Waals surface area contributed by atoms with E-state index in [4.69, 9.17) is 0 Å². The molecule has 4 nitrogen and oxygen atoms in total. The highest BCUT2D eigenvalue weighted by Crippen LogP contribution is 2.33. The van der Waals surface area contributed by atoms with Crippen molar-refractivity contribution >= 4 is 5.97 Å². The van der Waals surface area contributed by atoms with Crippen molar-refractivity contribution in [1.29, 1.82) is 0 Å². The summed E-state index contributed by atoms with van der Waals surface area (Å²) in [6, 6.07) is 0.402. The lowest BCUT2D eigenvalue weighted by Gasteiger charge is -2.28. The van der Waals surface area contributed by atoms with Crippen molar-refractivity contribution in [3.63, 3.8) is 0 Å². The number of aliphatic carboxylic acids is 1. The van der Waals surface area contributed by atoms with Crippen LogP contribution in [0.25, 0.3) is 0 Å². The Hall–Kier alpha value is -0.610. The van der Waals surface area contributed by atoms with Gasteiger partial charge in [0, 0.05) is 6.04 Å². The fourth-order valence-electron chi connectivity index (χ4n) is 2.81. The Kier molecular flexibility index (Phi) is 5.60. The maximum atomic E-state index is 11.5. The standard InChI is InChI=1S/C14H28N2O2/c1-5-15-14(13(17)18)8-6-12(10-14)16(4)9-7-11(2)3/h11-12,15H,5-10H2,1-4H3,(H,17,18). The summed E-state index contributed by atoms with van der Waals surface area (Å²) in [6.07, 6.45) is 3.62. The van der Waals surface area contributed by atoms with Gasteiger partial charge >= 0.3 is 5.97 Å². The SMILES string of the molecule is CCNC1(C(=O)O)CCC(N(C)CCC(C)C)C1. The molecule has 0 saturated heterocycles. The number of rotatable bonds is 7. The summed E-state index contributed by atoms with van der Waals surface area (Å²) in [6.45, 7) is 8.20. The zero-order chi connectivity index (χ0) is 13.8. The van der Waals surface area contributed by atoms with Gasteiger partial charge in [0.2, 0.25) is 0 Å². The van der Waals surface area contributed by atoms with E-state index in [0.29, 0.717) is 18.5 Å². The van der Waals surface area contributed by atoms with Gasteiger partial charge in [-0.2, -0.15) is 0 Å². The molecule has 2 unspecified atom stereocenters. The Bertz CT molecular complexity index is 281. The van der Waals surface area contributed by atoms with Crippen molar-refractivity contribution < 1.29 is 9.90 Å². The zero-order valence-electron chi connectivity index (χ0n) is 12.2. The monoisotopic (exact) mass is 256 g/mol. The number of likely N-dealkylation sites (N-methyl/N-ethyl adjacent to an activating group) is 1. The molecule has 0 spiro atoms. The Morgan fingerprint density at radius 2 is 2.22 bits per heavy atom. The minimum absolute atomic E-state index is 0.402. The van der Waals surface area contributed by atoms with Crippen LogP contribution >= 0.6 is 0 Å². The van der Waals surface area contributed by atoms with Crippen LogP contribution < -0.4 is 5.32 Å². The van der Waals surface area contributed by atoms with Crippen LogP contribution in [0.15, 0.2) is 0 Å². The maximum absolute atomic E-state index is 11.5. The third-order valence-corrected chi connectivity index (χ3v) is 4.10. The lowest BCUT2D eigenvalue weighted by Crippen LogP contribution is -2.51. The summed E-state index contributed by atoms with van der Waals surface area (Å²) in [5.74, 6) is 0.0101. The first kappa shape index (κ1) is 15.4. The van der Waals surface area contributed by atoms with E-state index in [1.165, 1.54) is 6.42 Å². The quantitative estimate of drug-likeness (QED) is 0.731. The van der Waals surface area contributed by atoms with E-state index < -0.39 is 11.5 Å². The van der Waals surface area contributed by atoms with Crippen LogP contribution in [0.4, 0.5) is 0 Å². The minimum Gasteiger partial charge on any atom is -0.480 e. The normalized spacial score (nSPS) is 28.2. The van der Waals surface area contributed by atoms with Gasteiger partial charge in [0.05, 0.1) is 0 Å². The van der Waals surface area contributed by atoms with Gasteiger partial charge in [-0.25, -0.2) is 0 Å². The number of carbonyl (C=O) groups is 1. The molecule has 0 aromatic rings. The first-order valence-electron chi connectivity index (χ1n) is 7.10. The van der Waals surface area contributed by atoms with Crippen molar-refractivity contribution in [3.05, 3.63) is 0 Å². The summed E-state index contributed by atoms with van der Waals surface area (Å²) in [7, 11) is 2.12. The summed E-state index contributed by atoms with van der Waals surface area (Å²) >= 11 is 0. The van der Waals surface area contributed by atoms with E-state index in [2.05, 4.69) is 31.1 Å². The van der Waals surface area contributed by atoms with Gasteiger partial charge in [-0.1, -0.05) is 20.8 Å². The molecule has 0 bridgehead atoms. The molecular weight excluding hydrogens is 228 g/mol. The van der Waals surface area contributed by atoms with Crippen LogP contribution in [0.5, 0.6) is 0 Å². The average molecular weight is 256 g/mol. The molecule has 0 radical (unpaired) electrons. The predicted octanol–water partition coefficient (Wildman–Crippen LogP) is 1.95. The lowest BCUT2D eigenvalue weighted by molar-refractivity contribution is -0.144. The van der Waals surface area contributed by atoms with Gasteiger partial charge in [-0.05, 0) is 51.7 Å². The fourth-order valence-corrected chi connectivity index (χ4v) is 2.81. The highest BCUT2D eigenvalue weighted by atomic mass is 16.4. The summed E-state index contributed by atoms with van der Waals surface area (Å²) in [4.78, 5) is 13.8. The van der Waals surface area contributed by atoms with Crippen molar-refractivity contribution in [2.24, 2.45) is 5.92 Å². The Morgan fingerprint density at radius 1 is 1.56 bits per heavy atom. The van der Waals surface area contributed by atoms with Crippen LogP contribution in [0.1, 0.15) is 46.5 Å². The van der Waals surface area contributed by atoms with Crippen molar-refractivity contribution in [2.75, 3.05) is 20.1 Å². The highest BCUT2D eigenvalue weighted by molar-refractivity contribution is 5.79. The Morgan fingerprint density at radius 3 is 2.72 bits per heavy atom. The van der Waals surface area contributed by atoms with E-state index in [-0.39, 0.29) is 0 Å². The van der Waals surface area contributed by atoms with E-state index >= 15 is 0 Å². The van der Waals surface area contributed by atoms with Crippen LogP contribution in [0.2, 0.25) is 0 Å². The second kappa shape index (κ2) is 6.53. The maximum Gasteiger partial charge on any atom is 0.323 e. The number of carboxylic acid groups (broad SMARTS) is 1. The van der Waals surface area contributed by atoms with Crippen molar-refractivity contribution in [2.45, 2.75) is 58.0 Å². The number of nitrogens with one attached hydrogen (secondary N) is 1. The molecule has 1 aliphatic carbocycles. The number of carboxylic acids is 1. The minimum atomic E-state index is -0.691. The van der Waals surface area contributed by atoms with Gasteiger partial charge in [-0.3, -0.25) is 4.79 Å². The van der Waals surface area contributed by atoms with E-state index in [1.807, 2.05) is 6.92 Å². The molecule has 2 atom stereocenters. The number of hydrogen-bond acceptors (Lipinski definition) is 3. The van der Waals surface area contributed by atoms with Crippen molar-refractivity contribution in [1.82, 2.24) is 10.2 Å². The van der Waals surface area contributed by atoms with Crippen LogP contribution in [0, 0.1) is 5.92 Å². The second-order valence-electron chi connectivity index (χ2n) is 5.98. The fraction of sp³-hybridized carbons (Fsp3) is 0.929. The summed E-state index contributed by atoms with van der Waals surface area (Å²) < 4.78 is 0. The molecule has 106 valence electrons. The van der Waals surface area contributed by atoms with Gasteiger partial charge in [0.25, 0.3) is 0 Å². The van der Waals surface area contributed by atoms with Crippen LogP contribution in [-0.4, -0.2) is 47.7 Å². The van der Waals surface area contributed by atoms with Crippen molar-refractivity contribution in [3.8, 4) is 0 Å². The topological polar surface area (TPSA) is 52.6 Å². The van der Waals surface area contributed by atoms with Gasteiger partial charge in [-0.15, -0.1) is 0 Å². The molecule has 1 saturated carbocycles. The average Bonchev–Trinajstić information content (AvgIpc) is 2.72. The second-order valence-corrected chi connectivity index (χ2v) is 5.98. The molecule has 18 heavy (non-hydrogen) atoms. The van der Waals surface area contributed by atoms with Gasteiger partial charge < -0.3 is 15.3 Å². The zero-order valence-corrected chi connectivity index (χ0v) is 12.2. The molecule has 0 amide bonds. The molecule has 0 heterocycles. The van der Waals surface area contributed by atoms with E-state index in [9.17, 15) is 9.90 Å².